The van der Waals surface area contributed by atoms with Crippen molar-refractivity contribution in [3.63, 3.8) is 0 Å². The number of rotatable bonds is 3. The first-order valence-electron chi connectivity index (χ1n) is 4.52. The maximum atomic E-state index is 10.7. The van der Waals surface area contributed by atoms with Crippen molar-refractivity contribution in [2.24, 2.45) is 10.1 Å². The van der Waals surface area contributed by atoms with Crippen LogP contribution in [0, 0.1) is 15.3 Å². The van der Waals surface area contributed by atoms with Crippen molar-refractivity contribution in [1.82, 2.24) is 0 Å². The molecular formula is C10H10N3O3-. The number of nitro benzene ring substituents is 1. The van der Waals surface area contributed by atoms with Gasteiger partial charge in [-0.15, -0.1) is 0 Å². The molecule has 6 heteroatoms. The summed E-state index contributed by atoms with van der Waals surface area (Å²) < 4.78 is 0. The van der Waals surface area contributed by atoms with E-state index in [4.69, 9.17) is 0 Å². The molecule has 0 saturated heterocycles. The van der Waals surface area contributed by atoms with Gasteiger partial charge in [-0.3, -0.25) is 10.1 Å². The molecular weight excluding hydrogens is 210 g/mol. The highest BCUT2D eigenvalue weighted by atomic mass is 16.6. The van der Waals surface area contributed by atoms with E-state index in [9.17, 15) is 15.3 Å². The second-order valence-corrected chi connectivity index (χ2v) is 3.12. The fourth-order valence-electron chi connectivity index (χ4n) is 1.04. The molecule has 0 aliphatic heterocycles. The third kappa shape index (κ3) is 2.63. The summed E-state index contributed by atoms with van der Waals surface area (Å²) in [4.78, 5) is 14.2. The summed E-state index contributed by atoms with van der Waals surface area (Å²) in [6.45, 7) is 3.08. The first-order valence-corrected chi connectivity index (χ1v) is 4.52. The van der Waals surface area contributed by atoms with Crippen LogP contribution in [0.1, 0.15) is 13.8 Å². The Hall–Kier alpha value is -2.24. The Bertz CT molecular complexity index is 466. The normalized spacial score (nSPS) is 12.6. The molecule has 0 amide bonds. The summed E-state index contributed by atoms with van der Waals surface area (Å²) in [7, 11) is 0. The zero-order chi connectivity index (χ0) is 12.1. The van der Waals surface area contributed by atoms with Crippen LogP contribution in [0.2, 0.25) is 0 Å². The number of hydrogen-bond acceptors (Lipinski definition) is 5. The van der Waals surface area contributed by atoms with Crippen molar-refractivity contribution in [1.29, 1.82) is 0 Å². The molecule has 0 bridgehead atoms. The molecule has 0 fully saturated rings. The van der Waals surface area contributed by atoms with Crippen molar-refractivity contribution >= 4 is 22.8 Å². The zero-order valence-corrected chi connectivity index (χ0v) is 8.88. The summed E-state index contributed by atoms with van der Waals surface area (Å²) in [5.41, 5.74) is 0.691. The van der Waals surface area contributed by atoms with E-state index in [1.54, 1.807) is 19.1 Å². The van der Waals surface area contributed by atoms with Crippen LogP contribution >= 0.6 is 0 Å². The maximum Gasteiger partial charge on any atom is 0.294 e. The molecule has 0 aliphatic carbocycles. The Kier molecular flexibility index (Phi) is 3.71. The van der Waals surface area contributed by atoms with Gasteiger partial charge in [-0.05, 0) is 19.9 Å². The van der Waals surface area contributed by atoms with Gasteiger partial charge in [0.1, 0.15) is 5.69 Å². The van der Waals surface area contributed by atoms with Gasteiger partial charge in [-0.25, -0.2) is 4.99 Å². The zero-order valence-electron chi connectivity index (χ0n) is 8.88. The summed E-state index contributed by atoms with van der Waals surface area (Å²) >= 11 is 0. The number of hydrogen-bond donors (Lipinski definition) is 0. The van der Waals surface area contributed by atoms with Crippen LogP contribution < -0.4 is 0 Å². The SMILES string of the molecule is CC(=Nc1ccccc1[N+](=O)[O-])/C(C)=N/[O-]. The van der Waals surface area contributed by atoms with Crippen molar-refractivity contribution in [3.05, 3.63) is 39.6 Å². The minimum atomic E-state index is -0.518. The molecule has 0 N–H and O–H groups in total. The number of nitro groups is 1. The third-order valence-electron chi connectivity index (χ3n) is 2.03. The van der Waals surface area contributed by atoms with Gasteiger partial charge >= 0.3 is 0 Å². The number of nitrogens with zero attached hydrogens (tertiary/aromatic N) is 3. The molecule has 6 nitrogen and oxygen atoms in total. The van der Waals surface area contributed by atoms with E-state index in [-0.39, 0.29) is 17.1 Å². The molecule has 1 rings (SSSR count). The lowest BCUT2D eigenvalue weighted by Crippen LogP contribution is -2.04. The second-order valence-electron chi connectivity index (χ2n) is 3.12. The van der Waals surface area contributed by atoms with E-state index < -0.39 is 4.92 Å². The fraction of sp³-hybridized carbons (Fsp3) is 0.200. The van der Waals surface area contributed by atoms with Crippen LogP contribution in [-0.4, -0.2) is 16.3 Å². The van der Waals surface area contributed by atoms with Gasteiger partial charge in [-0.1, -0.05) is 12.1 Å². The second kappa shape index (κ2) is 5.01. The minimum Gasteiger partial charge on any atom is -0.792 e. The average molecular weight is 220 g/mol. The molecule has 1 aromatic rings. The Labute approximate surface area is 92.1 Å². The lowest BCUT2D eigenvalue weighted by Gasteiger charge is -2.02. The highest BCUT2D eigenvalue weighted by molar-refractivity contribution is 6.41. The molecule has 0 aromatic heterocycles. The number of aliphatic imine (C=N–C) groups is 1. The smallest absolute Gasteiger partial charge is 0.294 e. The first kappa shape index (κ1) is 11.8. The third-order valence-corrected chi connectivity index (χ3v) is 2.03. The van der Waals surface area contributed by atoms with Gasteiger partial charge < -0.3 is 10.4 Å². The van der Waals surface area contributed by atoms with Gasteiger partial charge in [-0.2, -0.15) is 0 Å². The maximum absolute atomic E-state index is 10.7. The van der Waals surface area contributed by atoms with Crippen LogP contribution in [0.15, 0.2) is 34.4 Å². The molecule has 0 radical (unpaired) electrons. The fourth-order valence-corrected chi connectivity index (χ4v) is 1.04. The van der Waals surface area contributed by atoms with Crippen molar-refractivity contribution in [2.75, 3.05) is 0 Å². The predicted molar refractivity (Wildman–Crippen MR) is 62.3 cm³/mol. The van der Waals surface area contributed by atoms with Crippen LogP contribution in [0.5, 0.6) is 0 Å². The lowest BCUT2D eigenvalue weighted by atomic mass is 10.2. The molecule has 0 spiro atoms. The molecule has 0 saturated carbocycles. The number of para-hydroxylation sites is 2. The Balaban J connectivity index is 3.20. The predicted octanol–water partition coefficient (Wildman–Crippen LogP) is 2.65. The molecule has 0 atom stereocenters. The number of benzene rings is 1. The topological polar surface area (TPSA) is 90.9 Å². The van der Waals surface area contributed by atoms with Crippen LogP contribution in [0.3, 0.4) is 0 Å². The van der Waals surface area contributed by atoms with Gasteiger partial charge in [0.15, 0.2) is 0 Å². The molecule has 0 aliphatic rings. The van der Waals surface area contributed by atoms with E-state index in [1.807, 2.05) is 0 Å². The van der Waals surface area contributed by atoms with Crippen LogP contribution in [0.25, 0.3) is 0 Å². The summed E-state index contributed by atoms with van der Waals surface area (Å²) in [5, 5.41) is 23.7. The highest BCUT2D eigenvalue weighted by Crippen LogP contribution is 2.26. The van der Waals surface area contributed by atoms with E-state index in [2.05, 4.69) is 10.1 Å². The Morgan fingerprint density at radius 2 is 1.88 bits per heavy atom. The van der Waals surface area contributed by atoms with Crippen LogP contribution in [-0.2, 0) is 0 Å². The van der Waals surface area contributed by atoms with Gasteiger partial charge in [0.25, 0.3) is 5.69 Å². The standard InChI is InChI=1S/C10H11N3O3/c1-7(8(2)12-14)11-9-5-3-4-6-10(9)13(15)16/h3-6,14H,1-2H3/p-1/b11-7?,12-8+. The van der Waals surface area contributed by atoms with E-state index in [0.717, 1.165) is 0 Å². The summed E-state index contributed by atoms with van der Waals surface area (Å²) in [6.07, 6.45) is 0. The summed E-state index contributed by atoms with van der Waals surface area (Å²) in [5.74, 6) is 0. The molecule has 0 heterocycles. The van der Waals surface area contributed by atoms with Crippen molar-refractivity contribution < 1.29 is 4.92 Å². The largest absolute Gasteiger partial charge is 0.792 e. The molecule has 84 valence electrons. The monoisotopic (exact) mass is 220 g/mol. The molecule has 0 unspecified atom stereocenters. The average Bonchev–Trinajstić information content (AvgIpc) is 2.28. The van der Waals surface area contributed by atoms with Gasteiger partial charge in [0.05, 0.1) is 10.6 Å². The lowest BCUT2D eigenvalue weighted by molar-refractivity contribution is -0.384. The summed E-state index contributed by atoms with van der Waals surface area (Å²) in [6, 6.07) is 6.07. The molecule has 1 aromatic carbocycles. The Morgan fingerprint density at radius 1 is 1.25 bits per heavy atom. The minimum absolute atomic E-state index is 0.0967. The quantitative estimate of drug-likeness (QED) is 0.445. The van der Waals surface area contributed by atoms with Crippen LogP contribution in [0.4, 0.5) is 11.4 Å². The molecule has 16 heavy (non-hydrogen) atoms. The van der Waals surface area contributed by atoms with Gasteiger partial charge in [0, 0.05) is 11.8 Å². The van der Waals surface area contributed by atoms with Crippen molar-refractivity contribution in [2.45, 2.75) is 13.8 Å². The van der Waals surface area contributed by atoms with E-state index in [0.29, 0.717) is 5.71 Å². The first-order chi connectivity index (χ1) is 7.56. The highest BCUT2D eigenvalue weighted by Gasteiger charge is 2.11. The van der Waals surface area contributed by atoms with Gasteiger partial charge in [0.2, 0.25) is 0 Å². The van der Waals surface area contributed by atoms with E-state index in [1.165, 1.54) is 19.1 Å². The van der Waals surface area contributed by atoms with E-state index >= 15 is 0 Å². The Morgan fingerprint density at radius 3 is 2.44 bits per heavy atom. The van der Waals surface area contributed by atoms with Crippen molar-refractivity contribution in [3.8, 4) is 0 Å².